The Kier molecular flexibility index (Phi) is 3.82. The van der Waals surface area contributed by atoms with E-state index < -0.39 is 17.5 Å². The zero-order valence-electron chi connectivity index (χ0n) is 13.7. The Morgan fingerprint density at radius 3 is 2.69 bits per heavy atom. The minimum Gasteiger partial charge on any atom is -0.383 e. The predicted molar refractivity (Wildman–Crippen MR) is 90.1 cm³/mol. The van der Waals surface area contributed by atoms with Crippen LogP contribution in [-0.4, -0.2) is 14.7 Å². The van der Waals surface area contributed by atoms with Crippen LogP contribution in [0.5, 0.6) is 0 Å². The smallest absolute Gasteiger partial charge is 0.129 e. The normalized spacial score (nSPS) is 21.4. The van der Waals surface area contributed by atoms with Gasteiger partial charge >= 0.3 is 0 Å². The summed E-state index contributed by atoms with van der Waals surface area (Å²) in [6.45, 7) is 0. The Morgan fingerprint density at radius 2 is 2.00 bits per heavy atom. The average molecular weight is 351 g/mol. The van der Waals surface area contributed by atoms with E-state index in [1.165, 1.54) is 18.2 Å². The summed E-state index contributed by atoms with van der Waals surface area (Å²) in [6.07, 6.45) is 3.68. The van der Waals surface area contributed by atoms with Gasteiger partial charge in [-0.25, -0.2) is 13.8 Å². The molecule has 2 atom stereocenters. The van der Waals surface area contributed by atoms with Crippen LogP contribution in [0.25, 0.3) is 0 Å². The van der Waals surface area contributed by atoms with E-state index in [2.05, 4.69) is 4.98 Å². The lowest BCUT2D eigenvalue weighted by Crippen LogP contribution is -2.26. The SMILES string of the molecule is N#Cc1ccc([C@H]2CC(O)(Cc3ccc(F)cc3)c3cncn32)c(F)c1. The number of nitrogens with zero attached hydrogens (tertiary/aromatic N) is 3. The number of hydrogen-bond donors (Lipinski definition) is 1. The Bertz CT molecular complexity index is 1010. The second kappa shape index (κ2) is 6.04. The number of imidazole rings is 1. The zero-order valence-corrected chi connectivity index (χ0v) is 13.7. The number of nitriles is 1. The molecule has 0 amide bonds. The maximum Gasteiger partial charge on any atom is 0.129 e. The third-order valence-electron chi connectivity index (χ3n) is 4.91. The van der Waals surface area contributed by atoms with Crippen LogP contribution in [0.15, 0.2) is 55.0 Å². The number of aromatic nitrogens is 2. The quantitative estimate of drug-likeness (QED) is 0.786. The van der Waals surface area contributed by atoms with Gasteiger partial charge in [-0.05, 0) is 29.8 Å². The van der Waals surface area contributed by atoms with Gasteiger partial charge in [-0.2, -0.15) is 5.26 Å². The van der Waals surface area contributed by atoms with Crippen LogP contribution in [0.2, 0.25) is 0 Å². The number of benzene rings is 2. The maximum atomic E-state index is 14.5. The van der Waals surface area contributed by atoms with Crippen molar-refractivity contribution >= 4 is 0 Å². The molecule has 26 heavy (non-hydrogen) atoms. The van der Waals surface area contributed by atoms with Crippen LogP contribution in [0.4, 0.5) is 8.78 Å². The summed E-state index contributed by atoms with van der Waals surface area (Å²) in [5, 5.41) is 20.2. The molecule has 0 aliphatic carbocycles. The molecule has 130 valence electrons. The van der Waals surface area contributed by atoms with Gasteiger partial charge in [0.1, 0.15) is 17.2 Å². The molecule has 0 fully saturated rings. The van der Waals surface area contributed by atoms with Crippen molar-refractivity contribution in [2.45, 2.75) is 24.5 Å². The van der Waals surface area contributed by atoms with Gasteiger partial charge in [-0.3, -0.25) is 0 Å². The van der Waals surface area contributed by atoms with Crippen molar-refractivity contribution in [3.05, 3.63) is 89.0 Å². The fourth-order valence-electron chi connectivity index (χ4n) is 3.67. The summed E-state index contributed by atoms with van der Waals surface area (Å²) in [7, 11) is 0. The predicted octanol–water partition coefficient (Wildman–Crippen LogP) is 3.46. The van der Waals surface area contributed by atoms with E-state index >= 15 is 0 Å². The molecular weight excluding hydrogens is 336 g/mol. The number of halogens is 2. The van der Waals surface area contributed by atoms with Gasteiger partial charge in [0.25, 0.3) is 0 Å². The van der Waals surface area contributed by atoms with E-state index in [1.54, 1.807) is 41.4 Å². The summed E-state index contributed by atoms with van der Waals surface area (Å²) in [6, 6.07) is 11.8. The largest absolute Gasteiger partial charge is 0.383 e. The first kappa shape index (κ1) is 16.4. The fraction of sp³-hybridized carbons (Fsp3) is 0.200. The van der Waals surface area contributed by atoms with Gasteiger partial charge < -0.3 is 9.67 Å². The molecule has 0 radical (unpaired) electrons. The van der Waals surface area contributed by atoms with Crippen molar-refractivity contribution in [1.82, 2.24) is 9.55 Å². The van der Waals surface area contributed by atoms with Gasteiger partial charge in [0, 0.05) is 18.4 Å². The lowest BCUT2D eigenvalue weighted by molar-refractivity contribution is 0.0356. The van der Waals surface area contributed by atoms with E-state index in [9.17, 15) is 13.9 Å². The molecule has 1 aliphatic rings. The van der Waals surface area contributed by atoms with Crippen molar-refractivity contribution in [2.24, 2.45) is 0 Å². The van der Waals surface area contributed by atoms with Gasteiger partial charge in [-0.1, -0.05) is 18.2 Å². The summed E-state index contributed by atoms with van der Waals surface area (Å²) in [5.41, 5.74) is 0.785. The Balaban J connectivity index is 1.71. The van der Waals surface area contributed by atoms with Crippen LogP contribution in [-0.2, 0) is 12.0 Å². The van der Waals surface area contributed by atoms with Crippen molar-refractivity contribution in [3.8, 4) is 6.07 Å². The molecule has 1 unspecified atom stereocenters. The molecule has 4 nitrogen and oxygen atoms in total. The molecule has 4 rings (SSSR count). The monoisotopic (exact) mass is 351 g/mol. The van der Waals surface area contributed by atoms with Crippen molar-refractivity contribution < 1.29 is 13.9 Å². The van der Waals surface area contributed by atoms with Gasteiger partial charge in [0.2, 0.25) is 0 Å². The van der Waals surface area contributed by atoms with Crippen LogP contribution >= 0.6 is 0 Å². The summed E-state index contributed by atoms with van der Waals surface area (Å²) in [4.78, 5) is 4.10. The van der Waals surface area contributed by atoms with E-state index in [1.807, 2.05) is 6.07 Å². The third kappa shape index (κ3) is 2.67. The highest BCUT2D eigenvalue weighted by molar-refractivity contribution is 5.37. The number of rotatable bonds is 3. The average Bonchev–Trinajstić information content (AvgIpc) is 3.21. The second-order valence-corrected chi connectivity index (χ2v) is 6.59. The molecule has 6 heteroatoms. The highest BCUT2D eigenvalue weighted by atomic mass is 19.1. The minimum absolute atomic E-state index is 0.247. The minimum atomic E-state index is -1.24. The molecule has 0 spiro atoms. The maximum absolute atomic E-state index is 14.5. The topological polar surface area (TPSA) is 61.8 Å². The fourth-order valence-corrected chi connectivity index (χ4v) is 3.67. The third-order valence-corrected chi connectivity index (χ3v) is 4.91. The van der Waals surface area contributed by atoms with Gasteiger partial charge in [0.05, 0.1) is 35.9 Å². The van der Waals surface area contributed by atoms with Crippen LogP contribution in [0.3, 0.4) is 0 Å². The molecule has 0 bridgehead atoms. The lowest BCUT2D eigenvalue weighted by atomic mass is 9.87. The Labute approximate surface area is 149 Å². The van der Waals surface area contributed by atoms with Gasteiger partial charge in [0.15, 0.2) is 0 Å². The number of hydrogen-bond acceptors (Lipinski definition) is 3. The molecule has 1 N–H and O–H groups in total. The molecule has 2 aromatic carbocycles. The molecule has 1 aromatic heterocycles. The molecule has 0 saturated heterocycles. The van der Waals surface area contributed by atoms with Crippen LogP contribution < -0.4 is 0 Å². The van der Waals surface area contributed by atoms with Gasteiger partial charge in [-0.15, -0.1) is 0 Å². The van der Waals surface area contributed by atoms with E-state index in [0.29, 0.717) is 11.3 Å². The second-order valence-electron chi connectivity index (χ2n) is 6.59. The summed E-state index contributed by atoms with van der Waals surface area (Å²) in [5.74, 6) is -0.825. The first-order chi connectivity index (χ1) is 12.5. The standard InChI is InChI=1S/C20H15F2N3O/c21-15-4-1-13(2-5-15)8-20(26)9-18(25-12-24-11-19(20)25)16-6-3-14(10-23)7-17(16)22/h1-7,11-12,18,26H,8-9H2/t18-,20?/m1/s1. The van der Waals surface area contributed by atoms with E-state index in [0.717, 1.165) is 5.56 Å². The molecule has 1 aliphatic heterocycles. The Morgan fingerprint density at radius 1 is 1.23 bits per heavy atom. The first-order valence-corrected chi connectivity index (χ1v) is 8.19. The summed E-state index contributed by atoms with van der Waals surface area (Å²) >= 11 is 0. The first-order valence-electron chi connectivity index (χ1n) is 8.19. The Hall–Kier alpha value is -3.04. The lowest BCUT2D eigenvalue weighted by Gasteiger charge is -2.23. The van der Waals surface area contributed by atoms with Crippen molar-refractivity contribution in [3.63, 3.8) is 0 Å². The van der Waals surface area contributed by atoms with E-state index in [4.69, 9.17) is 5.26 Å². The van der Waals surface area contributed by atoms with E-state index in [-0.39, 0.29) is 24.2 Å². The number of aliphatic hydroxyl groups is 1. The highest BCUT2D eigenvalue weighted by Gasteiger charge is 2.44. The highest BCUT2D eigenvalue weighted by Crippen LogP contribution is 2.45. The molecule has 3 aromatic rings. The van der Waals surface area contributed by atoms with Crippen LogP contribution in [0.1, 0.15) is 34.8 Å². The van der Waals surface area contributed by atoms with Crippen LogP contribution in [0, 0.1) is 23.0 Å². The number of fused-ring (bicyclic) bond motifs is 1. The molecular formula is C20H15F2N3O. The molecule has 0 saturated carbocycles. The molecule has 2 heterocycles. The van der Waals surface area contributed by atoms with Crippen molar-refractivity contribution in [1.29, 1.82) is 5.26 Å². The van der Waals surface area contributed by atoms with Crippen molar-refractivity contribution in [2.75, 3.05) is 0 Å². The zero-order chi connectivity index (χ0) is 18.3. The summed E-state index contributed by atoms with van der Waals surface area (Å²) < 4.78 is 29.4.